The number of fused-ring (bicyclic) bond motifs is 2. The molecule has 1 atom stereocenters. The van der Waals surface area contributed by atoms with Gasteiger partial charge in [0.15, 0.2) is 0 Å². The van der Waals surface area contributed by atoms with Crippen molar-refractivity contribution in [1.82, 2.24) is 9.97 Å². The Morgan fingerprint density at radius 2 is 2.20 bits per heavy atom. The fourth-order valence-electron chi connectivity index (χ4n) is 3.53. The topological polar surface area (TPSA) is 55.0 Å². The van der Waals surface area contributed by atoms with Gasteiger partial charge in [-0.3, -0.25) is 4.98 Å². The molecule has 0 saturated carbocycles. The van der Waals surface area contributed by atoms with Gasteiger partial charge in [0.1, 0.15) is 5.75 Å². The molecule has 6 heteroatoms. The number of rotatable bonds is 4. The van der Waals surface area contributed by atoms with Crippen LogP contribution in [0.2, 0.25) is 5.02 Å². The van der Waals surface area contributed by atoms with Gasteiger partial charge in [-0.2, -0.15) is 4.98 Å². The Balaban J connectivity index is 1.65. The SMILES string of the molecule is CCN1CCCc2cccc(C[S+]([O-])c3nc4cc(Cl)ccc4[nH]3)c21. The molecule has 3 aromatic rings. The lowest BCUT2D eigenvalue weighted by molar-refractivity contribution is 0.587. The van der Waals surface area contributed by atoms with Crippen molar-refractivity contribution in [2.75, 3.05) is 18.0 Å². The smallest absolute Gasteiger partial charge is 0.321 e. The molecule has 25 heavy (non-hydrogen) atoms. The minimum atomic E-state index is -1.23. The number of nitrogens with zero attached hydrogens (tertiary/aromatic N) is 2. The van der Waals surface area contributed by atoms with E-state index < -0.39 is 11.2 Å². The molecule has 2 heterocycles. The van der Waals surface area contributed by atoms with Crippen LogP contribution in [0, 0.1) is 0 Å². The highest BCUT2D eigenvalue weighted by Gasteiger charge is 2.24. The maximum Gasteiger partial charge on any atom is 0.321 e. The maximum atomic E-state index is 12.9. The second-order valence-corrected chi connectivity index (χ2v) is 8.10. The van der Waals surface area contributed by atoms with Gasteiger partial charge in [0, 0.05) is 40.5 Å². The number of aryl methyl sites for hydroxylation is 1. The standard InChI is InChI=1S/C19H20ClN3OS/c1-2-23-10-4-7-13-5-3-6-14(18(13)23)12-25(24)19-21-16-9-8-15(20)11-17(16)22-19/h3,5-6,8-9,11H,2,4,7,10,12H2,1H3,(H,21,22). The van der Waals surface area contributed by atoms with Gasteiger partial charge >= 0.3 is 5.16 Å². The van der Waals surface area contributed by atoms with Crippen molar-refractivity contribution in [3.63, 3.8) is 0 Å². The third-order valence-corrected chi connectivity index (χ3v) is 6.13. The summed E-state index contributed by atoms with van der Waals surface area (Å²) < 4.78 is 12.9. The predicted octanol–water partition coefficient (Wildman–Crippen LogP) is 4.30. The Labute approximate surface area is 155 Å². The molecule has 0 bridgehead atoms. The van der Waals surface area contributed by atoms with Crippen LogP contribution in [0.5, 0.6) is 0 Å². The zero-order chi connectivity index (χ0) is 17.4. The second kappa shape index (κ2) is 6.90. The van der Waals surface area contributed by atoms with Gasteiger partial charge in [-0.15, -0.1) is 0 Å². The summed E-state index contributed by atoms with van der Waals surface area (Å²) in [5.74, 6) is 0.466. The molecule has 2 aromatic carbocycles. The monoisotopic (exact) mass is 373 g/mol. The van der Waals surface area contributed by atoms with E-state index in [4.69, 9.17) is 11.6 Å². The predicted molar refractivity (Wildman–Crippen MR) is 104 cm³/mol. The Kier molecular flexibility index (Phi) is 4.63. The number of para-hydroxylation sites is 1. The van der Waals surface area contributed by atoms with E-state index in [1.807, 2.05) is 12.1 Å². The Morgan fingerprint density at radius 1 is 1.32 bits per heavy atom. The minimum Gasteiger partial charge on any atom is -0.609 e. The van der Waals surface area contributed by atoms with Crippen LogP contribution in [0.3, 0.4) is 0 Å². The van der Waals surface area contributed by atoms with Crippen LogP contribution in [0.25, 0.3) is 11.0 Å². The Bertz CT molecular complexity index is 911. The van der Waals surface area contributed by atoms with Gasteiger partial charge in [0.25, 0.3) is 0 Å². The molecular formula is C19H20ClN3OS. The fourth-order valence-corrected chi connectivity index (χ4v) is 4.77. The molecule has 4 nitrogen and oxygen atoms in total. The first-order valence-electron chi connectivity index (χ1n) is 8.55. The molecule has 1 aliphatic heterocycles. The number of hydrogen-bond donors (Lipinski definition) is 1. The summed E-state index contributed by atoms with van der Waals surface area (Å²) in [5, 5.41) is 1.14. The van der Waals surface area contributed by atoms with Gasteiger partial charge in [-0.05, 0) is 43.5 Å². The van der Waals surface area contributed by atoms with E-state index >= 15 is 0 Å². The van der Waals surface area contributed by atoms with Gasteiger partial charge in [0.05, 0.1) is 11.0 Å². The third kappa shape index (κ3) is 3.24. The number of hydrogen-bond acceptors (Lipinski definition) is 3. The van der Waals surface area contributed by atoms with Crippen molar-refractivity contribution in [2.45, 2.75) is 30.7 Å². The summed E-state index contributed by atoms with van der Waals surface area (Å²) >= 11 is 4.79. The average Bonchev–Trinajstić information content (AvgIpc) is 3.04. The first-order valence-corrected chi connectivity index (χ1v) is 10.2. The van der Waals surface area contributed by atoms with E-state index in [2.05, 4.69) is 40.0 Å². The van der Waals surface area contributed by atoms with Crippen LogP contribution in [-0.4, -0.2) is 27.6 Å². The van der Waals surface area contributed by atoms with Crippen LogP contribution < -0.4 is 4.90 Å². The molecule has 1 aliphatic rings. The third-order valence-electron chi connectivity index (χ3n) is 4.70. The lowest BCUT2D eigenvalue weighted by Crippen LogP contribution is -2.30. The first kappa shape index (κ1) is 16.8. The van der Waals surface area contributed by atoms with Gasteiger partial charge in [-0.25, -0.2) is 0 Å². The van der Waals surface area contributed by atoms with Crippen LogP contribution in [0.15, 0.2) is 41.6 Å². The number of imidazole rings is 1. The number of H-pyrrole nitrogens is 1. The van der Waals surface area contributed by atoms with Crippen LogP contribution in [0.1, 0.15) is 24.5 Å². The Hall–Kier alpha value is -1.69. The second-order valence-electron chi connectivity index (χ2n) is 6.30. The van der Waals surface area contributed by atoms with Gasteiger partial charge < -0.3 is 9.45 Å². The average molecular weight is 374 g/mol. The molecule has 0 amide bonds. The molecule has 0 spiro atoms. The normalized spacial score (nSPS) is 15.4. The molecule has 0 saturated heterocycles. The Morgan fingerprint density at radius 3 is 3.04 bits per heavy atom. The van der Waals surface area contributed by atoms with E-state index in [9.17, 15) is 4.55 Å². The quantitative estimate of drug-likeness (QED) is 0.694. The highest BCUT2D eigenvalue weighted by atomic mass is 35.5. The largest absolute Gasteiger partial charge is 0.609 e. The molecular weight excluding hydrogens is 354 g/mol. The number of benzene rings is 2. The van der Waals surface area contributed by atoms with E-state index in [1.165, 1.54) is 17.7 Å². The van der Waals surface area contributed by atoms with E-state index in [-0.39, 0.29) is 0 Å². The summed E-state index contributed by atoms with van der Waals surface area (Å²) in [4.78, 5) is 10.0. The van der Waals surface area contributed by atoms with Crippen molar-refractivity contribution in [2.24, 2.45) is 0 Å². The highest BCUT2D eigenvalue weighted by Crippen LogP contribution is 2.33. The van der Waals surface area contributed by atoms with Crippen molar-refractivity contribution in [3.8, 4) is 0 Å². The van der Waals surface area contributed by atoms with Crippen molar-refractivity contribution in [3.05, 3.63) is 52.5 Å². The number of anilines is 1. The molecule has 4 rings (SSSR count). The number of nitrogens with one attached hydrogen (secondary N) is 1. The summed E-state index contributed by atoms with van der Waals surface area (Å²) in [6, 6.07) is 11.8. The number of aromatic nitrogens is 2. The van der Waals surface area contributed by atoms with E-state index in [0.717, 1.165) is 36.1 Å². The van der Waals surface area contributed by atoms with Crippen LogP contribution in [-0.2, 0) is 23.3 Å². The zero-order valence-electron chi connectivity index (χ0n) is 14.1. The first-order chi connectivity index (χ1) is 12.2. The molecule has 0 aliphatic carbocycles. The van der Waals surface area contributed by atoms with Crippen molar-refractivity contribution in [1.29, 1.82) is 0 Å². The summed E-state index contributed by atoms with van der Waals surface area (Å²) in [6.07, 6.45) is 2.27. The fraction of sp³-hybridized carbons (Fsp3) is 0.316. The van der Waals surface area contributed by atoms with E-state index in [0.29, 0.717) is 15.9 Å². The number of halogens is 1. The lowest BCUT2D eigenvalue weighted by Gasteiger charge is -2.32. The van der Waals surface area contributed by atoms with Gasteiger partial charge in [-0.1, -0.05) is 29.8 Å². The minimum absolute atomic E-state index is 0.466. The van der Waals surface area contributed by atoms with E-state index in [1.54, 1.807) is 6.07 Å². The molecule has 0 radical (unpaired) electrons. The molecule has 130 valence electrons. The van der Waals surface area contributed by atoms with Crippen LogP contribution >= 0.6 is 11.6 Å². The van der Waals surface area contributed by atoms with Gasteiger partial charge in [0.2, 0.25) is 0 Å². The molecule has 1 N–H and O–H groups in total. The molecule has 1 aromatic heterocycles. The molecule has 1 unspecified atom stereocenters. The molecule has 0 fully saturated rings. The van der Waals surface area contributed by atoms with Crippen molar-refractivity contribution >= 4 is 39.5 Å². The highest BCUT2D eigenvalue weighted by molar-refractivity contribution is 7.90. The lowest BCUT2D eigenvalue weighted by atomic mass is 9.98. The summed E-state index contributed by atoms with van der Waals surface area (Å²) in [5.41, 5.74) is 5.37. The summed E-state index contributed by atoms with van der Waals surface area (Å²) in [6.45, 7) is 4.21. The zero-order valence-corrected chi connectivity index (χ0v) is 15.7. The number of aromatic amines is 1. The maximum absolute atomic E-state index is 12.9. The summed E-state index contributed by atoms with van der Waals surface area (Å²) in [7, 11) is 0. The van der Waals surface area contributed by atoms with Crippen molar-refractivity contribution < 1.29 is 4.55 Å². The van der Waals surface area contributed by atoms with Crippen LogP contribution in [0.4, 0.5) is 5.69 Å².